The number of nitrogens with one attached hydrogen (secondary N) is 1. The molecule has 0 aromatic heterocycles. The van der Waals surface area contributed by atoms with Crippen molar-refractivity contribution in [2.45, 2.75) is 18.3 Å². The zero-order valence-electron chi connectivity index (χ0n) is 15.0. The first kappa shape index (κ1) is 21.2. The number of imide groups is 1. The molecular formula is C19H13F5N2O4. The van der Waals surface area contributed by atoms with Crippen LogP contribution >= 0.6 is 0 Å². The predicted molar refractivity (Wildman–Crippen MR) is 91.8 cm³/mol. The number of alkyl halides is 5. The number of hydrogen-bond acceptors (Lipinski definition) is 4. The number of benzene rings is 2. The van der Waals surface area contributed by atoms with Crippen molar-refractivity contribution >= 4 is 17.7 Å². The molecule has 1 unspecified atom stereocenters. The summed E-state index contributed by atoms with van der Waals surface area (Å²) >= 11 is 0. The minimum Gasteiger partial charge on any atom is -0.435 e. The molecule has 2 aromatic carbocycles. The lowest BCUT2D eigenvalue weighted by molar-refractivity contribution is -0.198. The molecule has 1 aliphatic rings. The third-order valence-electron chi connectivity index (χ3n) is 4.44. The summed E-state index contributed by atoms with van der Waals surface area (Å²) in [6, 6.07) is 8.98. The standard InChI is InChI=1S/C19H13F5N2O4/c20-16(21)30-13-8-6-11(7-9-13)14(27)10-26-15(28)18(19(22,23)24,25-17(26)29)12-4-2-1-3-5-12/h1-9,16H,10H2,(H,25,29). The summed E-state index contributed by atoms with van der Waals surface area (Å²) in [5.41, 5.74) is -3.93. The number of carbonyl (C=O) groups excluding carboxylic acids is 3. The summed E-state index contributed by atoms with van der Waals surface area (Å²) in [7, 11) is 0. The molecule has 3 rings (SSSR count). The number of ether oxygens (including phenoxy) is 1. The second-order valence-corrected chi connectivity index (χ2v) is 6.26. The number of Topliss-reactive ketones (excluding diaryl/α,β-unsaturated/α-hetero) is 1. The Kier molecular flexibility index (Phi) is 5.47. The van der Waals surface area contributed by atoms with Gasteiger partial charge in [-0.1, -0.05) is 30.3 Å². The van der Waals surface area contributed by atoms with E-state index in [1.165, 1.54) is 18.2 Å². The number of hydrogen-bond donors (Lipinski definition) is 1. The van der Waals surface area contributed by atoms with Crippen LogP contribution in [0, 0.1) is 0 Å². The van der Waals surface area contributed by atoms with E-state index < -0.39 is 48.2 Å². The molecular weight excluding hydrogens is 415 g/mol. The van der Waals surface area contributed by atoms with Gasteiger partial charge in [0.1, 0.15) is 5.75 Å². The maximum absolute atomic E-state index is 13.9. The second-order valence-electron chi connectivity index (χ2n) is 6.26. The van der Waals surface area contributed by atoms with Gasteiger partial charge in [-0.25, -0.2) is 4.79 Å². The quantitative estimate of drug-likeness (QED) is 0.434. The largest absolute Gasteiger partial charge is 0.435 e. The van der Waals surface area contributed by atoms with Crippen LogP contribution in [0.1, 0.15) is 15.9 Å². The number of halogens is 5. The smallest absolute Gasteiger partial charge is 0.425 e. The number of nitrogens with zero attached hydrogens (tertiary/aromatic N) is 1. The highest BCUT2D eigenvalue weighted by Crippen LogP contribution is 2.43. The molecule has 1 aliphatic heterocycles. The van der Waals surface area contributed by atoms with Gasteiger partial charge in [-0.3, -0.25) is 14.5 Å². The second kappa shape index (κ2) is 7.73. The molecule has 6 nitrogen and oxygen atoms in total. The van der Waals surface area contributed by atoms with Crippen LogP contribution in [0.15, 0.2) is 54.6 Å². The molecule has 0 saturated carbocycles. The van der Waals surface area contributed by atoms with Crippen molar-refractivity contribution in [3.8, 4) is 5.75 Å². The fraction of sp³-hybridized carbons (Fsp3) is 0.211. The minimum absolute atomic E-state index is 0.110. The molecule has 1 N–H and O–H groups in total. The first-order valence-electron chi connectivity index (χ1n) is 8.40. The van der Waals surface area contributed by atoms with Crippen molar-refractivity contribution in [1.29, 1.82) is 0 Å². The van der Waals surface area contributed by atoms with E-state index in [0.29, 0.717) is 0 Å². The monoisotopic (exact) mass is 428 g/mol. The molecule has 0 aliphatic carbocycles. The normalized spacial score (nSPS) is 19.2. The van der Waals surface area contributed by atoms with E-state index in [1.807, 2.05) is 0 Å². The summed E-state index contributed by atoms with van der Waals surface area (Å²) in [5.74, 6) is -2.75. The first-order chi connectivity index (χ1) is 14.1. The molecule has 1 saturated heterocycles. The van der Waals surface area contributed by atoms with E-state index in [1.54, 1.807) is 5.32 Å². The van der Waals surface area contributed by atoms with Crippen LogP contribution in [0.3, 0.4) is 0 Å². The third-order valence-corrected chi connectivity index (χ3v) is 4.44. The molecule has 0 radical (unpaired) electrons. The molecule has 30 heavy (non-hydrogen) atoms. The average molecular weight is 428 g/mol. The zero-order valence-corrected chi connectivity index (χ0v) is 15.0. The van der Waals surface area contributed by atoms with Gasteiger partial charge in [-0.05, 0) is 29.8 Å². The Morgan fingerprint density at radius 1 is 1.03 bits per heavy atom. The van der Waals surface area contributed by atoms with E-state index in [2.05, 4.69) is 4.74 Å². The molecule has 11 heteroatoms. The van der Waals surface area contributed by atoms with Crippen LogP contribution in [0.25, 0.3) is 0 Å². The molecule has 2 aromatic rings. The van der Waals surface area contributed by atoms with Gasteiger partial charge in [0.25, 0.3) is 5.91 Å². The van der Waals surface area contributed by atoms with Gasteiger partial charge >= 0.3 is 18.8 Å². The van der Waals surface area contributed by atoms with E-state index in [4.69, 9.17) is 0 Å². The SMILES string of the molecule is O=C(CN1C(=O)NC(c2ccccc2)(C(F)(F)F)C1=O)c1ccc(OC(F)F)cc1. The fourth-order valence-corrected chi connectivity index (χ4v) is 3.02. The molecule has 3 amide bonds. The van der Waals surface area contributed by atoms with Crippen LogP contribution in [-0.2, 0) is 10.3 Å². The van der Waals surface area contributed by atoms with Crippen LogP contribution in [0.5, 0.6) is 5.75 Å². The third kappa shape index (κ3) is 3.70. The molecule has 0 bridgehead atoms. The van der Waals surface area contributed by atoms with Crippen molar-refractivity contribution in [2.24, 2.45) is 0 Å². The van der Waals surface area contributed by atoms with Gasteiger partial charge in [-0.15, -0.1) is 0 Å². The van der Waals surface area contributed by atoms with Gasteiger partial charge in [-0.2, -0.15) is 22.0 Å². The van der Waals surface area contributed by atoms with Crippen molar-refractivity contribution in [3.63, 3.8) is 0 Å². The number of carbonyl (C=O) groups is 3. The summed E-state index contributed by atoms with van der Waals surface area (Å²) < 4.78 is 70.1. The highest BCUT2D eigenvalue weighted by molar-refractivity contribution is 6.11. The van der Waals surface area contributed by atoms with Crippen molar-refractivity contribution < 1.29 is 41.1 Å². The zero-order chi connectivity index (χ0) is 22.1. The molecule has 1 fully saturated rings. The molecule has 1 heterocycles. The van der Waals surface area contributed by atoms with Crippen LogP contribution < -0.4 is 10.1 Å². The topological polar surface area (TPSA) is 75.7 Å². The minimum atomic E-state index is -5.17. The van der Waals surface area contributed by atoms with Crippen LogP contribution in [0.4, 0.5) is 26.7 Å². The number of rotatable bonds is 6. The van der Waals surface area contributed by atoms with Crippen molar-refractivity contribution in [2.75, 3.05) is 6.54 Å². The van der Waals surface area contributed by atoms with Gasteiger partial charge in [0, 0.05) is 5.56 Å². The van der Waals surface area contributed by atoms with Gasteiger partial charge in [0.2, 0.25) is 5.54 Å². The lowest BCUT2D eigenvalue weighted by Gasteiger charge is -2.29. The number of amides is 3. The summed E-state index contributed by atoms with van der Waals surface area (Å²) in [6.45, 7) is -4.05. The van der Waals surface area contributed by atoms with Gasteiger partial charge in [0.05, 0.1) is 6.54 Å². The summed E-state index contributed by atoms with van der Waals surface area (Å²) in [6.07, 6.45) is -5.17. The van der Waals surface area contributed by atoms with Crippen LogP contribution in [0.2, 0.25) is 0 Å². The molecule has 158 valence electrons. The Labute approximate surface area is 166 Å². The van der Waals surface area contributed by atoms with E-state index in [9.17, 15) is 36.3 Å². The Morgan fingerprint density at radius 3 is 2.17 bits per heavy atom. The Morgan fingerprint density at radius 2 is 1.63 bits per heavy atom. The highest BCUT2D eigenvalue weighted by Gasteiger charge is 2.68. The summed E-state index contributed by atoms with van der Waals surface area (Å²) in [5, 5.41) is 1.67. The maximum Gasteiger partial charge on any atom is 0.425 e. The average Bonchev–Trinajstić information content (AvgIpc) is 2.94. The summed E-state index contributed by atoms with van der Waals surface area (Å²) in [4.78, 5) is 37.4. The van der Waals surface area contributed by atoms with Crippen molar-refractivity contribution in [1.82, 2.24) is 10.2 Å². The maximum atomic E-state index is 13.9. The molecule has 0 spiro atoms. The Bertz CT molecular complexity index is 963. The van der Waals surface area contributed by atoms with Crippen molar-refractivity contribution in [3.05, 3.63) is 65.7 Å². The van der Waals surface area contributed by atoms with Gasteiger partial charge < -0.3 is 10.1 Å². The number of urea groups is 1. The highest BCUT2D eigenvalue weighted by atomic mass is 19.4. The van der Waals surface area contributed by atoms with E-state index in [-0.39, 0.29) is 16.2 Å². The van der Waals surface area contributed by atoms with E-state index >= 15 is 0 Å². The lowest BCUT2D eigenvalue weighted by Crippen LogP contribution is -2.55. The fourth-order valence-electron chi connectivity index (χ4n) is 3.02. The predicted octanol–water partition coefficient (Wildman–Crippen LogP) is 3.48. The van der Waals surface area contributed by atoms with Gasteiger partial charge in [0.15, 0.2) is 5.78 Å². The number of ketones is 1. The van der Waals surface area contributed by atoms with Crippen LogP contribution in [-0.4, -0.2) is 42.0 Å². The van der Waals surface area contributed by atoms with E-state index in [0.717, 1.165) is 36.4 Å². The first-order valence-corrected chi connectivity index (χ1v) is 8.40. The lowest BCUT2D eigenvalue weighted by atomic mass is 9.89. The molecule has 1 atom stereocenters. The Hall–Kier alpha value is -3.50. The Balaban J connectivity index is 1.86.